The van der Waals surface area contributed by atoms with Crippen molar-refractivity contribution in [3.63, 3.8) is 0 Å². The van der Waals surface area contributed by atoms with Crippen molar-refractivity contribution in [2.45, 2.75) is 20.8 Å². The van der Waals surface area contributed by atoms with Crippen LogP contribution in [-0.4, -0.2) is 20.9 Å². The van der Waals surface area contributed by atoms with Gasteiger partial charge in [-0.25, -0.2) is 9.07 Å². The van der Waals surface area contributed by atoms with E-state index in [1.54, 1.807) is 11.6 Å². The van der Waals surface area contributed by atoms with Crippen LogP contribution in [0.3, 0.4) is 0 Å². The highest BCUT2D eigenvalue weighted by molar-refractivity contribution is 6.31. The van der Waals surface area contributed by atoms with Crippen molar-refractivity contribution < 1.29 is 9.18 Å². The summed E-state index contributed by atoms with van der Waals surface area (Å²) in [5.74, 6) is -0.979. The SMILES string of the molecule is Cc1cc(C)cc(-n2nnc(C(=O)Nc3ccc(F)c(Cl)c3)c2C)c1. The molecule has 3 rings (SSSR count). The molecule has 0 aliphatic rings. The third kappa shape index (κ3) is 3.53. The molecule has 128 valence electrons. The first-order chi connectivity index (χ1) is 11.8. The predicted molar refractivity (Wildman–Crippen MR) is 94.9 cm³/mol. The lowest BCUT2D eigenvalue weighted by Crippen LogP contribution is -2.14. The fraction of sp³-hybridized carbons (Fsp3) is 0.167. The van der Waals surface area contributed by atoms with Crippen molar-refractivity contribution in [2.75, 3.05) is 5.32 Å². The second-order valence-electron chi connectivity index (χ2n) is 5.86. The first-order valence-electron chi connectivity index (χ1n) is 7.62. The van der Waals surface area contributed by atoms with Crippen LogP contribution in [0.4, 0.5) is 10.1 Å². The summed E-state index contributed by atoms with van der Waals surface area (Å²) in [5, 5.41) is 10.7. The minimum Gasteiger partial charge on any atom is -0.320 e. The van der Waals surface area contributed by atoms with Crippen molar-refractivity contribution >= 4 is 23.2 Å². The number of rotatable bonds is 3. The lowest BCUT2D eigenvalue weighted by molar-refractivity contribution is 0.102. The van der Waals surface area contributed by atoms with Gasteiger partial charge in [-0.05, 0) is 62.2 Å². The predicted octanol–water partition coefficient (Wildman–Crippen LogP) is 4.24. The Balaban J connectivity index is 1.89. The molecule has 5 nitrogen and oxygen atoms in total. The molecular formula is C18H16ClFN4O. The molecule has 0 bridgehead atoms. The molecule has 0 saturated heterocycles. The van der Waals surface area contributed by atoms with Crippen molar-refractivity contribution in [1.82, 2.24) is 15.0 Å². The number of benzene rings is 2. The van der Waals surface area contributed by atoms with Crippen LogP contribution in [0.15, 0.2) is 36.4 Å². The van der Waals surface area contributed by atoms with Gasteiger partial charge in [0.2, 0.25) is 0 Å². The van der Waals surface area contributed by atoms with Gasteiger partial charge in [-0.15, -0.1) is 5.10 Å². The summed E-state index contributed by atoms with van der Waals surface area (Å²) in [6, 6.07) is 9.96. The van der Waals surface area contributed by atoms with Crippen LogP contribution in [0.1, 0.15) is 27.3 Å². The lowest BCUT2D eigenvalue weighted by Gasteiger charge is -2.07. The van der Waals surface area contributed by atoms with E-state index in [-0.39, 0.29) is 10.7 Å². The summed E-state index contributed by atoms with van der Waals surface area (Å²) in [5.41, 5.74) is 4.21. The Labute approximate surface area is 149 Å². The van der Waals surface area contributed by atoms with E-state index in [0.29, 0.717) is 11.4 Å². The summed E-state index contributed by atoms with van der Waals surface area (Å²) in [6.45, 7) is 5.76. The Morgan fingerprint density at radius 1 is 1.12 bits per heavy atom. The number of nitrogens with zero attached hydrogens (tertiary/aromatic N) is 3. The van der Waals surface area contributed by atoms with E-state index in [9.17, 15) is 9.18 Å². The Bertz CT molecular complexity index is 947. The topological polar surface area (TPSA) is 59.8 Å². The Morgan fingerprint density at radius 3 is 2.44 bits per heavy atom. The molecule has 0 atom stereocenters. The molecule has 0 aliphatic carbocycles. The zero-order valence-corrected chi connectivity index (χ0v) is 14.7. The first kappa shape index (κ1) is 17.1. The van der Waals surface area contributed by atoms with Gasteiger partial charge in [0.1, 0.15) is 5.82 Å². The van der Waals surface area contributed by atoms with Gasteiger partial charge in [-0.3, -0.25) is 4.79 Å². The Hall–Kier alpha value is -2.73. The Kier molecular flexibility index (Phi) is 4.55. The van der Waals surface area contributed by atoms with Crippen molar-refractivity contribution in [1.29, 1.82) is 0 Å². The monoisotopic (exact) mass is 358 g/mol. The zero-order valence-electron chi connectivity index (χ0n) is 14.0. The summed E-state index contributed by atoms with van der Waals surface area (Å²) >= 11 is 5.73. The summed E-state index contributed by atoms with van der Waals surface area (Å²) in [7, 11) is 0. The molecule has 0 unspecified atom stereocenters. The largest absolute Gasteiger partial charge is 0.320 e. The number of amides is 1. The second-order valence-corrected chi connectivity index (χ2v) is 6.27. The van der Waals surface area contributed by atoms with Crippen LogP contribution in [-0.2, 0) is 0 Å². The van der Waals surface area contributed by atoms with Gasteiger partial charge in [0.25, 0.3) is 5.91 Å². The number of anilines is 1. The number of carbonyl (C=O) groups is 1. The molecule has 1 N–H and O–H groups in total. The molecule has 1 amide bonds. The molecule has 7 heteroatoms. The summed E-state index contributed by atoms with van der Waals surface area (Å²) in [4.78, 5) is 12.4. The van der Waals surface area contributed by atoms with Gasteiger partial charge in [0.15, 0.2) is 5.69 Å². The molecule has 3 aromatic rings. The number of carbonyl (C=O) groups excluding carboxylic acids is 1. The van der Waals surface area contributed by atoms with E-state index in [1.807, 2.05) is 26.0 Å². The molecule has 0 spiro atoms. The first-order valence-corrected chi connectivity index (χ1v) is 8.00. The van der Waals surface area contributed by atoms with Crippen LogP contribution in [0.2, 0.25) is 5.02 Å². The minimum atomic E-state index is -0.545. The molecule has 25 heavy (non-hydrogen) atoms. The number of aryl methyl sites for hydroxylation is 2. The molecular weight excluding hydrogens is 343 g/mol. The highest BCUT2D eigenvalue weighted by Gasteiger charge is 2.18. The highest BCUT2D eigenvalue weighted by Crippen LogP contribution is 2.21. The van der Waals surface area contributed by atoms with E-state index in [2.05, 4.69) is 21.7 Å². The zero-order chi connectivity index (χ0) is 18.1. The maximum Gasteiger partial charge on any atom is 0.278 e. The van der Waals surface area contributed by atoms with Gasteiger partial charge in [0.05, 0.1) is 16.4 Å². The van der Waals surface area contributed by atoms with Crippen LogP contribution in [0, 0.1) is 26.6 Å². The maximum absolute atomic E-state index is 13.2. The van der Waals surface area contributed by atoms with E-state index in [0.717, 1.165) is 16.8 Å². The van der Waals surface area contributed by atoms with E-state index < -0.39 is 11.7 Å². The number of aromatic nitrogens is 3. The Morgan fingerprint density at radius 2 is 1.80 bits per heavy atom. The van der Waals surface area contributed by atoms with Crippen molar-refractivity contribution in [2.24, 2.45) is 0 Å². The highest BCUT2D eigenvalue weighted by atomic mass is 35.5. The van der Waals surface area contributed by atoms with Crippen LogP contribution < -0.4 is 5.32 Å². The average molecular weight is 359 g/mol. The minimum absolute atomic E-state index is 0.0617. The smallest absolute Gasteiger partial charge is 0.278 e. The third-order valence-corrected chi connectivity index (χ3v) is 4.03. The molecule has 0 radical (unpaired) electrons. The van der Waals surface area contributed by atoms with Gasteiger partial charge < -0.3 is 5.32 Å². The number of hydrogen-bond donors (Lipinski definition) is 1. The standard InChI is InChI=1S/C18H16ClFN4O/c1-10-6-11(2)8-14(7-10)24-12(3)17(22-23-24)18(25)21-13-4-5-16(20)15(19)9-13/h4-9H,1-3H3,(H,21,25). The molecule has 2 aromatic carbocycles. The van der Waals surface area contributed by atoms with Gasteiger partial charge in [0, 0.05) is 5.69 Å². The summed E-state index contributed by atoms with van der Waals surface area (Å²) < 4.78 is 14.8. The molecule has 0 aliphatic heterocycles. The third-order valence-electron chi connectivity index (χ3n) is 3.74. The average Bonchev–Trinajstić information content (AvgIpc) is 2.92. The van der Waals surface area contributed by atoms with E-state index in [4.69, 9.17) is 11.6 Å². The van der Waals surface area contributed by atoms with Crippen molar-refractivity contribution in [3.05, 3.63) is 69.8 Å². The molecule has 1 heterocycles. The normalized spacial score (nSPS) is 10.8. The lowest BCUT2D eigenvalue weighted by atomic mass is 10.1. The van der Waals surface area contributed by atoms with Crippen LogP contribution in [0.25, 0.3) is 5.69 Å². The van der Waals surface area contributed by atoms with E-state index in [1.165, 1.54) is 18.2 Å². The molecule has 0 fully saturated rings. The van der Waals surface area contributed by atoms with Crippen LogP contribution >= 0.6 is 11.6 Å². The summed E-state index contributed by atoms with van der Waals surface area (Å²) in [6.07, 6.45) is 0. The van der Waals surface area contributed by atoms with Gasteiger partial charge >= 0.3 is 0 Å². The maximum atomic E-state index is 13.2. The fourth-order valence-electron chi connectivity index (χ4n) is 2.62. The molecule has 0 saturated carbocycles. The molecule has 1 aromatic heterocycles. The van der Waals surface area contributed by atoms with Crippen LogP contribution in [0.5, 0.6) is 0 Å². The second kappa shape index (κ2) is 6.64. The van der Waals surface area contributed by atoms with Gasteiger partial charge in [-0.1, -0.05) is 22.9 Å². The number of halogens is 2. The van der Waals surface area contributed by atoms with Gasteiger partial charge in [-0.2, -0.15) is 0 Å². The quantitative estimate of drug-likeness (QED) is 0.761. The number of nitrogens with one attached hydrogen (secondary N) is 1. The number of hydrogen-bond acceptors (Lipinski definition) is 3. The van der Waals surface area contributed by atoms with E-state index >= 15 is 0 Å². The fourth-order valence-corrected chi connectivity index (χ4v) is 2.80. The van der Waals surface area contributed by atoms with Crippen molar-refractivity contribution in [3.8, 4) is 5.69 Å².